The molecule has 3 spiro atoms. The summed E-state index contributed by atoms with van der Waals surface area (Å²) in [6.07, 6.45) is 3.37. The third-order valence-corrected chi connectivity index (χ3v) is 13.7. The molecule has 0 radical (unpaired) electrons. The Balaban J connectivity index is 1.45. The Hall–Kier alpha value is -2.02. The zero-order valence-electron chi connectivity index (χ0n) is 26.1. The van der Waals surface area contributed by atoms with Gasteiger partial charge in [-0.3, -0.25) is 9.59 Å². The Morgan fingerprint density at radius 3 is 2.42 bits per heavy atom. The van der Waals surface area contributed by atoms with Crippen molar-refractivity contribution in [3.8, 4) is 0 Å². The van der Waals surface area contributed by atoms with Gasteiger partial charge in [-0.1, -0.05) is 20.8 Å². The third kappa shape index (κ3) is 2.53. The summed E-state index contributed by atoms with van der Waals surface area (Å²) in [4.78, 5) is 27.0. The van der Waals surface area contributed by atoms with E-state index in [1.807, 2.05) is 13.0 Å². The predicted molar refractivity (Wildman–Crippen MR) is 145 cm³/mol. The van der Waals surface area contributed by atoms with Crippen LogP contribution in [-0.4, -0.2) is 81.0 Å². The van der Waals surface area contributed by atoms with Crippen LogP contribution in [0.5, 0.6) is 0 Å². The van der Waals surface area contributed by atoms with Crippen molar-refractivity contribution in [2.45, 2.75) is 106 Å². The second kappa shape index (κ2) is 8.03. The van der Waals surface area contributed by atoms with Gasteiger partial charge in [-0.25, -0.2) is 0 Å². The molecule has 236 valence electrons. The minimum Gasteiger partial charge on any atom is -0.472 e. The normalized spacial score (nSPS) is 55.7. The van der Waals surface area contributed by atoms with E-state index in [4.69, 9.17) is 42.3 Å². The number of carbonyl (C=O) groups excluding carboxylic acids is 2. The molecule has 11 heteroatoms. The Morgan fingerprint density at radius 2 is 1.79 bits per heavy atom. The number of rotatable bonds is 7. The topological polar surface area (TPSA) is 121 Å². The lowest BCUT2D eigenvalue weighted by Gasteiger charge is -2.78. The molecule has 4 heterocycles. The summed E-state index contributed by atoms with van der Waals surface area (Å²) in [7, 11) is 6.40. The van der Waals surface area contributed by atoms with Crippen LogP contribution in [0.15, 0.2) is 23.0 Å². The van der Waals surface area contributed by atoms with Crippen LogP contribution in [0.1, 0.15) is 71.5 Å². The smallest absolute Gasteiger partial charge is 0.306 e. The highest BCUT2D eigenvalue weighted by atomic mass is 16.9. The molecule has 43 heavy (non-hydrogen) atoms. The lowest BCUT2D eigenvalue weighted by molar-refractivity contribution is -0.481. The van der Waals surface area contributed by atoms with Crippen molar-refractivity contribution in [1.82, 2.24) is 0 Å². The van der Waals surface area contributed by atoms with Gasteiger partial charge in [-0.15, -0.1) is 0 Å². The van der Waals surface area contributed by atoms with Crippen molar-refractivity contribution < 1.29 is 51.9 Å². The van der Waals surface area contributed by atoms with Crippen molar-refractivity contribution in [3.63, 3.8) is 0 Å². The van der Waals surface area contributed by atoms with Crippen molar-refractivity contribution >= 4 is 11.9 Å². The van der Waals surface area contributed by atoms with Crippen molar-refractivity contribution in [3.05, 3.63) is 24.2 Å². The van der Waals surface area contributed by atoms with Crippen LogP contribution in [0, 0.1) is 28.1 Å². The van der Waals surface area contributed by atoms with Gasteiger partial charge in [0, 0.05) is 62.4 Å². The highest BCUT2D eigenvalue weighted by molar-refractivity contribution is 5.74. The number of furan rings is 1. The van der Waals surface area contributed by atoms with Crippen LogP contribution in [0.2, 0.25) is 0 Å². The van der Waals surface area contributed by atoms with E-state index in [9.17, 15) is 9.59 Å². The molecule has 13 unspecified atom stereocenters. The summed E-state index contributed by atoms with van der Waals surface area (Å²) in [6.45, 7) is 8.30. The largest absolute Gasteiger partial charge is 0.472 e. The molecule has 8 rings (SSSR count). The molecule has 0 amide bonds. The van der Waals surface area contributed by atoms with E-state index in [-0.39, 0.29) is 30.7 Å². The first kappa shape index (κ1) is 28.5. The van der Waals surface area contributed by atoms with Crippen molar-refractivity contribution in [1.29, 1.82) is 0 Å². The fourth-order valence-corrected chi connectivity index (χ4v) is 12.8. The van der Waals surface area contributed by atoms with Gasteiger partial charge >= 0.3 is 11.9 Å². The first-order valence-corrected chi connectivity index (χ1v) is 15.3. The molecular weight excluding hydrogens is 560 g/mol. The van der Waals surface area contributed by atoms with Crippen LogP contribution in [0.3, 0.4) is 0 Å². The third-order valence-electron chi connectivity index (χ3n) is 13.7. The molecular formula is C32H42O11. The van der Waals surface area contributed by atoms with Gasteiger partial charge in [-0.05, 0) is 31.2 Å². The minimum atomic E-state index is -1.45. The van der Waals surface area contributed by atoms with Crippen molar-refractivity contribution in [2.24, 2.45) is 28.1 Å². The van der Waals surface area contributed by atoms with E-state index in [0.29, 0.717) is 19.3 Å². The minimum absolute atomic E-state index is 0.0887. The van der Waals surface area contributed by atoms with Crippen LogP contribution in [0.25, 0.3) is 0 Å². The summed E-state index contributed by atoms with van der Waals surface area (Å²) in [5, 5.41) is 0. The molecule has 7 fully saturated rings. The van der Waals surface area contributed by atoms with Gasteiger partial charge < -0.3 is 42.3 Å². The first-order chi connectivity index (χ1) is 20.3. The van der Waals surface area contributed by atoms with Gasteiger partial charge in [0.25, 0.3) is 5.97 Å². The molecule has 3 saturated heterocycles. The SMILES string of the molecule is COC(=O)CC1C2(C)CC34OC5(C)OC67C(CC(=O)OC6C3(OC)C2OC)C(C)(C(OC)c2ccoc2)CCC7(O5)C14C. The number of carbonyl (C=O) groups is 2. The van der Waals surface area contributed by atoms with E-state index in [1.54, 1.807) is 33.9 Å². The zero-order chi connectivity index (χ0) is 30.6. The lowest BCUT2D eigenvalue weighted by Crippen LogP contribution is -2.94. The Morgan fingerprint density at radius 1 is 1.05 bits per heavy atom. The molecule has 1 aromatic heterocycles. The fourth-order valence-electron chi connectivity index (χ4n) is 12.8. The molecule has 3 aliphatic heterocycles. The van der Waals surface area contributed by atoms with E-state index < -0.39 is 68.9 Å². The molecule has 0 N–H and O–H groups in total. The zero-order valence-corrected chi connectivity index (χ0v) is 26.1. The maximum Gasteiger partial charge on any atom is 0.306 e. The number of methoxy groups -OCH3 is 4. The number of hydrogen-bond donors (Lipinski definition) is 0. The highest BCUT2D eigenvalue weighted by Gasteiger charge is 3.04. The first-order valence-electron chi connectivity index (χ1n) is 15.3. The number of esters is 2. The second-order valence-electron chi connectivity index (χ2n) is 14.8. The van der Waals surface area contributed by atoms with Gasteiger partial charge in [0.2, 0.25) is 0 Å². The van der Waals surface area contributed by atoms with Crippen molar-refractivity contribution in [2.75, 3.05) is 28.4 Å². The summed E-state index contributed by atoms with van der Waals surface area (Å²) in [6, 6.07) is 1.90. The van der Waals surface area contributed by atoms with E-state index in [0.717, 1.165) is 5.56 Å². The molecule has 11 nitrogen and oxygen atoms in total. The monoisotopic (exact) mass is 602 g/mol. The van der Waals surface area contributed by atoms with E-state index >= 15 is 0 Å². The number of hydrogen-bond acceptors (Lipinski definition) is 11. The fraction of sp³-hybridized carbons (Fsp3) is 0.812. The maximum absolute atomic E-state index is 13.9. The average Bonchev–Trinajstić information content (AvgIpc) is 3.65. The molecule has 4 aliphatic carbocycles. The molecule has 0 aromatic carbocycles. The molecule has 13 atom stereocenters. The van der Waals surface area contributed by atoms with Gasteiger partial charge in [-0.2, -0.15) is 0 Å². The highest BCUT2D eigenvalue weighted by Crippen LogP contribution is 2.90. The van der Waals surface area contributed by atoms with Crippen LogP contribution in [-0.2, 0) is 47.5 Å². The average molecular weight is 603 g/mol. The van der Waals surface area contributed by atoms with Gasteiger partial charge in [0.05, 0.1) is 38.3 Å². The van der Waals surface area contributed by atoms with Crippen LogP contribution >= 0.6 is 0 Å². The summed E-state index contributed by atoms with van der Waals surface area (Å²) >= 11 is 0. The quantitative estimate of drug-likeness (QED) is 0.425. The standard InChI is InChI=1S/C32H42O11/c1-25(22(36-6)17-9-12-39-15-17)10-11-29-27(3)18(13-20(33)35-5)26(2)16-30(27)32(38-8,23(26)37-7)24-31(29,19(25)14-21(34)40-24)43-28(4,41-29)42-30/h9,12,15,18-19,22-24H,10-11,13-14,16H2,1-8H3. The molecule has 1 aromatic rings. The number of ether oxygens (including phenoxy) is 8. The molecule has 4 saturated carbocycles. The lowest BCUT2D eigenvalue weighted by atomic mass is 9.33. The Kier molecular flexibility index (Phi) is 5.31. The summed E-state index contributed by atoms with van der Waals surface area (Å²) < 4.78 is 58.2. The number of fused-ring (bicyclic) bond motifs is 3. The van der Waals surface area contributed by atoms with E-state index in [2.05, 4.69) is 20.8 Å². The molecule has 7 aliphatic rings. The van der Waals surface area contributed by atoms with Crippen LogP contribution in [0.4, 0.5) is 0 Å². The van der Waals surface area contributed by atoms with E-state index in [1.165, 1.54) is 7.11 Å². The molecule has 4 bridgehead atoms. The maximum atomic E-state index is 13.9. The Bertz CT molecular complexity index is 1400. The van der Waals surface area contributed by atoms with Gasteiger partial charge in [0.15, 0.2) is 11.7 Å². The Labute approximate surface area is 251 Å². The summed E-state index contributed by atoms with van der Waals surface area (Å²) in [5.74, 6) is -2.82. The van der Waals surface area contributed by atoms with Crippen LogP contribution < -0.4 is 0 Å². The predicted octanol–water partition coefficient (Wildman–Crippen LogP) is 3.69. The second-order valence-corrected chi connectivity index (χ2v) is 14.8. The summed E-state index contributed by atoms with van der Waals surface area (Å²) in [5.41, 5.74) is -5.69. The van der Waals surface area contributed by atoms with Gasteiger partial charge in [0.1, 0.15) is 16.8 Å².